The fraction of sp³-hybridized carbons (Fsp3) is 0.143. The number of rotatable bonds is 2. The Kier molecular flexibility index (Phi) is 3.08. The van der Waals surface area contributed by atoms with Gasteiger partial charge >= 0.3 is 0 Å². The summed E-state index contributed by atoms with van der Waals surface area (Å²) in [7, 11) is 0. The first-order chi connectivity index (χ1) is 9.16. The number of hydrogen-bond acceptors (Lipinski definition) is 4. The van der Waals surface area contributed by atoms with Crippen LogP contribution < -0.4 is 5.73 Å². The molecule has 5 heteroatoms. The number of hydrogen-bond donors (Lipinski definition) is 1. The SMILES string of the molecule is CC(N)c1cc(-c2ccc(Br)c3cccnc23)no1. The third-order valence-electron chi connectivity index (χ3n) is 2.97. The van der Waals surface area contributed by atoms with Gasteiger partial charge in [0, 0.05) is 27.7 Å². The van der Waals surface area contributed by atoms with Crippen molar-refractivity contribution < 1.29 is 4.52 Å². The first kappa shape index (κ1) is 12.3. The molecule has 0 amide bonds. The zero-order valence-electron chi connectivity index (χ0n) is 10.3. The molecule has 0 saturated carbocycles. The first-order valence-electron chi connectivity index (χ1n) is 5.92. The highest BCUT2D eigenvalue weighted by Crippen LogP contribution is 2.31. The normalized spacial score (nSPS) is 12.8. The molecule has 0 bridgehead atoms. The predicted octanol–water partition coefficient (Wildman–Crippen LogP) is 3.67. The van der Waals surface area contributed by atoms with Gasteiger partial charge < -0.3 is 10.3 Å². The third-order valence-corrected chi connectivity index (χ3v) is 3.66. The highest BCUT2D eigenvalue weighted by molar-refractivity contribution is 9.10. The molecule has 0 radical (unpaired) electrons. The van der Waals surface area contributed by atoms with E-state index in [9.17, 15) is 0 Å². The van der Waals surface area contributed by atoms with E-state index in [1.165, 1.54) is 0 Å². The van der Waals surface area contributed by atoms with Crippen LogP contribution in [0.1, 0.15) is 18.7 Å². The molecule has 4 nitrogen and oxygen atoms in total. The van der Waals surface area contributed by atoms with E-state index < -0.39 is 0 Å². The lowest BCUT2D eigenvalue weighted by Gasteiger charge is -2.04. The van der Waals surface area contributed by atoms with E-state index in [0.717, 1.165) is 26.6 Å². The van der Waals surface area contributed by atoms with Gasteiger partial charge in [-0.05, 0) is 25.1 Å². The van der Waals surface area contributed by atoms with Crippen LogP contribution in [0.25, 0.3) is 22.2 Å². The van der Waals surface area contributed by atoms with Crippen LogP contribution in [0.2, 0.25) is 0 Å². The van der Waals surface area contributed by atoms with E-state index in [-0.39, 0.29) is 6.04 Å². The fourth-order valence-electron chi connectivity index (χ4n) is 1.98. The Hall–Kier alpha value is -1.72. The fourth-order valence-corrected chi connectivity index (χ4v) is 2.43. The van der Waals surface area contributed by atoms with Gasteiger partial charge in [-0.2, -0.15) is 0 Å². The van der Waals surface area contributed by atoms with Crippen molar-refractivity contribution in [3.05, 3.63) is 46.8 Å². The zero-order valence-corrected chi connectivity index (χ0v) is 11.9. The van der Waals surface area contributed by atoms with Crippen molar-refractivity contribution in [2.75, 3.05) is 0 Å². The molecule has 19 heavy (non-hydrogen) atoms. The molecule has 2 aromatic heterocycles. The summed E-state index contributed by atoms with van der Waals surface area (Å²) in [6, 6.07) is 9.58. The summed E-state index contributed by atoms with van der Waals surface area (Å²) in [4.78, 5) is 4.43. The van der Waals surface area contributed by atoms with Gasteiger partial charge in [-0.25, -0.2) is 0 Å². The largest absolute Gasteiger partial charge is 0.359 e. The lowest BCUT2D eigenvalue weighted by atomic mass is 10.1. The smallest absolute Gasteiger partial charge is 0.153 e. The summed E-state index contributed by atoms with van der Waals surface area (Å²) >= 11 is 3.53. The summed E-state index contributed by atoms with van der Waals surface area (Å²) in [5, 5.41) is 5.12. The molecule has 1 unspecified atom stereocenters. The van der Waals surface area contributed by atoms with Crippen molar-refractivity contribution in [3.8, 4) is 11.3 Å². The van der Waals surface area contributed by atoms with E-state index in [4.69, 9.17) is 10.3 Å². The minimum absolute atomic E-state index is 0.170. The molecule has 0 aliphatic carbocycles. The molecule has 0 spiro atoms. The van der Waals surface area contributed by atoms with Crippen LogP contribution in [0, 0.1) is 0 Å². The van der Waals surface area contributed by atoms with Gasteiger partial charge in [0.05, 0.1) is 11.6 Å². The van der Waals surface area contributed by atoms with E-state index in [0.29, 0.717) is 5.76 Å². The Morgan fingerprint density at radius 3 is 2.89 bits per heavy atom. The van der Waals surface area contributed by atoms with Crippen LogP contribution >= 0.6 is 15.9 Å². The van der Waals surface area contributed by atoms with E-state index in [1.54, 1.807) is 6.20 Å². The quantitative estimate of drug-likeness (QED) is 0.783. The number of aromatic nitrogens is 2. The molecule has 3 rings (SSSR count). The molecule has 2 heterocycles. The number of pyridine rings is 1. The summed E-state index contributed by atoms with van der Waals surface area (Å²) in [5.74, 6) is 0.669. The van der Waals surface area contributed by atoms with Crippen molar-refractivity contribution >= 4 is 26.8 Å². The molecule has 96 valence electrons. The standard InChI is InChI=1S/C14H12BrN3O/c1-8(16)13-7-12(18-19-13)10-4-5-11(15)9-3-2-6-17-14(9)10/h2-8H,16H2,1H3. The van der Waals surface area contributed by atoms with Crippen LogP contribution in [0.4, 0.5) is 0 Å². The summed E-state index contributed by atoms with van der Waals surface area (Å²) in [5.41, 5.74) is 8.37. The second-order valence-electron chi connectivity index (χ2n) is 4.40. The van der Waals surface area contributed by atoms with Gasteiger partial charge in [0.1, 0.15) is 5.69 Å². The maximum Gasteiger partial charge on any atom is 0.153 e. The molecule has 1 atom stereocenters. The van der Waals surface area contributed by atoms with Crippen LogP contribution in [0.3, 0.4) is 0 Å². The zero-order chi connectivity index (χ0) is 13.4. The Labute approximate surface area is 118 Å². The van der Waals surface area contributed by atoms with Crippen LogP contribution in [0.5, 0.6) is 0 Å². The number of fused-ring (bicyclic) bond motifs is 1. The van der Waals surface area contributed by atoms with Crippen molar-refractivity contribution in [1.82, 2.24) is 10.1 Å². The maximum absolute atomic E-state index is 5.79. The summed E-state index contributed by atoms with van der Waals surface area (Å²) in [6.45, 7) is 1.86. The van der Waals surface area contributed by atoms with Crippen molar-refractivity contribution in [2.24, 2.45) is 5.73 Å². The second-order valence-corrected chi connectivity index (χ2v) is 5.25. The second kappa shape index (κ2) is 4.75. The van der Waals surface area contributed by atoms with Gasteiger partial charge in [0.2, 0.25) is 0 Å². The lowest BCUT2D eigenvalue weighted by molar-refractivity contribution is 0.369. The van der Waals surface area contributed by atoms with Crippen LogP contribution in [0.15, 0.2) is 45.5 Å². The topological polar surface area (TPSA) is 64.9 Å². The maximum atomic E-state index is 5.79. The molecule has 2 N–H and O–H groups in total. The van der Waals surface area contributed by atoms with Gasteiger partial charge in [0.15, 0.2) is 5.76 Å². The third kappa shape index (κ3) is 2.15. The summed E-state index contributed by atoms with van der Waals surface area (Å²) < 4.78 is 6.25. The molecule has 1 aromatic carbocycles. The molecule has 0 aliphatic heterocycles. The first-order valence-corrected chi connectivity index (χ1v) is 6.72. The monoisotopic (exact) mass is 317 g/mol. The molecule has 0 saturated heterocycles. The Bertz CT molecular complexity index is 736. The van der Waals surface area contributed by atoms with Gasteiger partial charge in [0.25, 0.3) is 0 Å². The highest BCUT2D eigenvalue weighted by atomic mass is 79.9. The molecule has 0 aliphatic rings. The number of benzene rings is 1. The minimum Gasteiger partial charge on any atom is -0.359 e. The highest BCUT2D eigenvalue weighted by Gasteiger charge is 2.13. The van der Waals surface area contributed by atoms with Gasteiger partial charge in [-0.3, -0.25) is 4.98 Å². The summed E-state index contributed by atoms with van der Waals surface area (Å²) in [6.07, 6.45) is 1.77. The van der Waals surface area contributed by atoms with Crippen molar-refractivity contribution in [3.63, 3.8) is 0 Å². The van der Waals surface area contributed by atoms with Crippen LogP contribution in [-0.2, 0) is 0 Å². The minimum atomic E-state index is -0.170. The van der Waals surface area contributed by atoms with Crippen molar-refractivity contribution in [2.45, 2.75) is 13.0 Å². The van der Waals surface area contributed by atoms with Gasteiger partial charge in [-0.15, -0.1) is 0 Å². The van der Waals surface area contributed by atoms with E-state index in [1.807, 2.05) is 37.3 Å². The predicted molar refractivity (Wildman–Crippen MR) is 77.5 cm³/mol. The number of nitrogens with zero attached hydrogens (tertiary/aromatic N) is 2. The average Bonchev–Trinajstić information content (AvgIpc) is 2.89. The number of halogens is 1. The Morgan fingerprint density at radius 1 is 1.32 bits per heavy atom. The van der Waals surface area contributed by atoms with E-state index in [2.05, 4.69) is 26.1 Å². The van der Waals surface area contributed by atoms with Crippen LogP contribution in [-0.4, -0.2) is 10.1 Å². The van der Waals surface area contributed by atoms with Gasteiger partial charge in [-0.1, -0.05) is 27.2 Å². The number of nitrogens with two attached hydrogens (primary N) is 1. The molecular formula is C14H12BrN3O. The molecular weight excluding hydrogens is 306 g/mol. The molecule has 3 aromatic rings. The Morgan fingerprint density at radius 2 is 2.16 bits per heavy atom. The average molecular weight is 318 g/mol. The van der Waals surface area contributed by atoms with Crippen molar-refractivity contribution in [1.29, 1.82) is 0 Å². The molecule has 0 fully saturated rings. The lowest BCUT2D eigenvalue weighted by Crippen LogP contribution is -2.02. The van der Waals surface area contributed by atoms with E-state index >= 15 is 0 Å². The Balaban J connectivity index is 2.22.